The van der Waals surface area contributed by atoms with E-state index in [4.69, 9.17) is 0 Å². The molecule has 5 nitrogen and oxygen atoms in total. The lowest BCUT2D eigenvalue weighted by atomic mass is 9.96. The van der Waals surface area contributed by atoms with Gasteiger partial charge in [-0.2, -0.15) is 0 Å². The number of aryl methyl sites for hydroxylation is 1. The normalized spacial score (nSPS) is 15.6. The van der Waals surface area contributed by atoms with Crippen LogP contribution in [0, 0.1) is 5.82 Å². The van der Waals surface area contributed by atoms with Crippen molar-refractivity contribution in [2.75, 3.05) is 6.54 Å². The van der Waals surface area contributed by atoms with E-state index in [9.17, 15) is 9.18 Å². The number of nitrogens with zero attached hydrogens (tertiary/aromatic N) is 2. The molecule has 0 spiro atoms. The van der Waals surface area contributed by atoms with Crippen LogP contribution in [0.1, 0.15) is 35.8 Å². The molecule has 1 aliphatic rings. The molecule has 1 saturated carbocycles. The highest BCUT2D eigenvalue weighted by molar-refractivity contribution is 5.75. The average molecular weight is 378 g/mol. The number of halogens is 1. The van der Waals surface area contributed by atoms with Crippen LogP contribution < -0.4 is 10.6 Å². The number of hydrogen-bond donors (Lipinski definition) is 2. The van der Waals surface area contributed by atoms with E-state index in [2.05, 4.69) is 27.8 Å². The van der Waals surface area contributed by atoms with Gasteiger partial charge < -0.3 is 15.2 Å². The first-order chi connectivity index (χ1) is 13.6. The van der Waals surface area contributed by atoms with Crippen LogP contribution in [0.2, 0.25) is 0 Å². The van der Waals surface area contributed by atoms with Crippen molar-refractivity contribution in [2.24, 2.45) is 7.05 Å². The molecule has 2 N–H and O–H groups in total. The monoisotopic (exact) mass is 378 g/mol. The Morgan fingerprint density at radius 1 is 1.18 bits per heavy atom. The molecule has 2 amide bonds. The summed E-state index contributed by atoms with van der Waals surface area (Å²) in [5, 5.41) is 5.87. The molecule has 2 aromatic carbocycles. The highest BCUT2D eigenvalue weighted by Crippen LogP contribution is 2.47. The number of carbonyl (C=O) groups is 1. The van der Waals surface area contributed by atoms with Crippen molar-refractivity contribution in [3.63, 3.8) is 0 Å². The van der Waals surface area contributed by atoms with Gasteiger partial charge in [0.15, 0.2) is 0 Å². The first-order valence-corrected chi connectivity index (χ1v) is 9.41. The fourth-order valence-corrected chi connectivity index (χ4v) is 3.59. The maximum atomic E-state index is 14.4. The third-order valence-corrected chi connectivity index (χ3v) is 5.44. The molecule has 1 heterocycles. The van der Waals surface area contributed by atoms with E-state index in [-0.39, 0.29) is 17.3 Å². The van der Waals surface area contributed by atoms with Crippen molar-refractivity contribution in [1.29, 1.82) is 0 Å². The van der Waals surface area contributed by atoms with Crippen LogP contribution in [-0.2, 0) is 12.5 Å². The molecule has 0 saturated heterocycles. The van der Waals surface area contributed by atoms with E-state index in [1.807, 2.05) is 25.2 Å². The van der Waals surface area contributed by atoms with Crippen LogP contribution in [0.15, 0.2) is 67.0 Å². The molecule has 1 atom stereocenters. The van der Waals surface area contributed by atoms with Gasteiger partial charge in [-0.25, -0.2) is 14.2 Å². The summed E-state index contributed by atoms with van der Waals surface area (Å²) in [6.45, 7) is 0.549. The summed E-state index contributed by atoms with van der Waals surface area (Å²) in [4.78, 5) is 17.0. The summed E-state index contributed by atoms with van der Waals surface area (Å²) in [7, 11) is 1.82. The van der Waals surface area contributed by atoms with E-state index >= 15 is 0 Å². The fourth-order valence-electron chi connectivity index (χ4n) is 3.59. The lowest BCUT2D eigenvalue weighted by Crippen LogP contribution is -2.42. The van der Waals surface area contributed by atoms with Crippen LogP contribution in [-0.4, -0.2) is 22.1 Å². The summed E-state index contributed by atoms with van der Waals surface area (Å²) in [6, 6.07) is 15.7. The molecule has 1 fully saturated rings. The number of urea groups is 1. The van der Waals surface area contributed by atoms with Gasteiger partial charge in [0.05, 0.1) is 0 Å². The van der Waals surface area contributed by atoms with Crippen molar-refractivity contribution in [2.45, 2.75) is 24.3 Å². The highest BCUT2D eigenvalue weighted by atomic mass is 19.1. The van der Waals surface area contributed by atoms with Crippen molar-refractivity contribution in [3.8, 4) is 0 Å². The van der Waals surface area contributed by atoms with Gasteiger partial charge in [-0.3, -0.25) is 0 Å². The number of benzene rings is 2. The average Bonchev–Trinajstić information content (AvgIpc) is 3.40. The molecule has 1 aliphatic carbocycles. The first kappa shape index (κ1) is 18.2. The molecule has 28 heavy (non-hydrogen) atoms. The molecular formula is C22H23FN4O. The lowest BCUT2D eigenvalue weighted by Gasteiger charge is -2.22. The van der Waals surface area contributed by atoms with Gasteiger partial charge in [-0.1, -0.05) is 48.5 Å². The van der Waals surface area contributed by atoms with E-state index in [1.54, 1.807) is 35.2 Å². The molecule has 1 aromatic heterocycles. The SMILES string of the molecule is Cn1ccnc1[C@@H](NC(=O)NCC1(c2ccccc2)CC1)c1ccccc1F. The second-order valence-corrected chi connectivity index (χ2v) is 7.32. The molecule has 0 bridgehead atoms. The van der Waals surface area contributed by atoms with E-state index in [1.165, 1.54) is 11.6 Å². The number of amides is 2. The summed E-state index contributed by atoms with van der Waals surface area (Å²) in [5.41, 5.74) is 1.64. The first-order valence-electron chi connectivity index (χ1n) is 9.41. The predicted molar refractivity (Wildman–Crippen MR) is 105 cm³/mol. The molecule has 6 heteroatoms. The second kappa shape index (κ2) is 7.46. The molecule has 144 valence electrons. The third-order valence-electron chi connectivity index (χ3n) is 5.44. The van der Waals surface area contributed by atoms with E-state index in [0.717, 1.165) is 12.8 Å². The molecule has 3 aromatic rings. The fraction of sp³-hybridized carbons (Fsp3) is 0.273. The Bertz CT molecular complexity index is 965. The Labute approximate surface area is 163 Å². The second-order valence-electron chi connectivity index (χ2n) is 7.32. The van der Waals surface area contributed by atoms with Crippen LogP contribution in [0.5, 0.6) is 0 Å². The topological polar surface area (TPSA) is 59.0 Å². The minimum Gasteiger partial charge on any atom is -0.337 e. The zero-order valence-corrected chi connectivity index (χ0v) is 15.7. The maximum Gasteiger partial charge on any atom is 0.315 e. The van der Waals surface area contributed by atoms with E-state index < -0.39 is 6.04 Å². The quantitative estimate of drug-likeness (QED) is 0.687. The molecular weight excluding hydrogens is 355 g/mol. The molecule has 0 radical (unpaired) electrons. The van der Waals surface area contributed by atoms with Gasteiger partial charge in [-0.15, -0.1) is 0 Å². The number of imidazole rings is 1. The van der Waals surface area contributed by atoms with Gasteiger partial charge in [0.25, 0.3) is 0 Å². The number of nitrogens with one attached hydrogen (secondary N) is 2. The van der Waals surface area contributed by atoms with Crippen LogP contribution >= 0.6 is 0 Å². The van der Waals surface area contributed by atoms with Crippen molar-refractivity contribution in [1.82, 2.24) is 20.2 Å². The van der Waals surface area contributed by atoms with Crippen LogP contribution in [0.4, 0.5) is 9.18 Å². The Balaban J connectivity index is 1.49. The number of rotatable bonds is 6. The standard InChI is InChI=1S/C22H23FN4O/c1-27-14-13-24-20(27)19(17-9-5-6-10-18(17)23)26-21(28)25-15-22(11-12-22)16-7-3-2-4-8-16/h2-10,13-14,19H,11-12,15H2,1H3,(H2,25,26,28)/t19-/m0/s1. The highest BCUT2D eigenvalue weighted by Gasteiger charge is 2.44. The predicted octanol–water partition coefficient (Wildman–Crippen LogP) is 3.68. The molecule has 0 aliphatic heterocycles. The van der Waals surface area contributed by atoms with Gasteiger partial charge in [0.1, 0.15) is 17.7 Å². The van der Waals surface area contributed by atoms with Crippen LogP contribution in [0.3, 0.4) is 0 Å². The van der Waals surface area contributed by atoms with Crippen LogP contribution in [0.25, 0.3) is 0 Å². The van der Waals surface area contributed by atoms with Crippen molar-refractivity contribution in [3.05, 3.63) is 89.8 Å². The summed E-state index contributed by atoms with van der Waals surface area (Å²) < 4.78 is 16.2. The minimum atomic E-state index is -0.673. The zero-order valence-electron chi connectivity index (χ0n) is 15.7. The van der Waals surface area contributed by atoms with Gasteiger partial charge in [-0.05, 0) is 24.5 Å². The Hall–Kier alpha value is -3.15. The van der Waals surface area contributed by atoms with Crippen molar-refractivity contribution >= 4 is 6.03 Å². The minimum absolute atomic E-state index is 0.00924. The smallest absolute Gasteiger partial charge is 0.315 e. The van der Waals surface area contributed by atoms with Crippen molar-refractivity contribution < 1.29 is 9.18 Å². The number of carbonyl (C=O) groups excluding carboxylic acids is 1. The Morgan fingerprint density at radius 3 is 2.54 bits per heavy atom. The largest absolute Gasteiger partial charge is 0.337 e. The Kier molecular flexibility index (Phi) is 4.86. The third kappa shape index (κ3) is 3.63. The number of hydrogen-bond acceptors (Lipinski definition) is 2. The lowest BCUT2D eigenvalue weighted by molar-refractivity contribution is 0.237. The Morgan fingerprint density at radius 2 is 1.89 bits per heavy atom. The van der Waals surface area contributed by atoms with Gasteiger partial charge in [0, 0.05) is 37.0 Å². The van der Waals surface area contributed by atoms with Gasteiger partial charge >= 0.3 is 6.03 Å². The molecule has 0 unspecified atom stereocenters. The number of aromatic nitrogens is 2. The summed E-state index contributed by atoms with van der Waals surface area (Å²) in [6.07, 6.45) is 5.51. The zero-order chi connectivity index (χ0) is 19.6. The molecule has 4 rings (SSSR count). The summed E-state index contributed by atoms with van der Waals surface area (Å²) >= 11 is 0. The maximum absolute atomic E-state index is 14.4. The summed E-state index contributed by atoms with van der Waals surface area (Å²) in [5.74, 6) is 0.197. The van der Waals surface area contributed by atoms with Gasteiger partial charge in [0.2, 0.25) is 0 Å². The van der Waals surface area contributed by atoms with E-state index in [0.29, 0.717) is 17.9 Å².